The van der Waals surface area contributed by atoms with Crippen LogP contribution in [0.1, 0.15) is 43.0 Å². The summed E-state index contributed by atoms with van der Waals surface area (Å²) in [7, 11) is 0. The molecule has 1 aliphatic rings. The van der Waals surface area contributed by atoms with Crippen LogP contribution in [0.2, 0.25) is 0 Å². The number of nitrogens with one attached hydrogen (secondary N) is 1. The highest BCUT2D eigenvalue weighted by atomic mass is 16.3. The van der Waals surface area contributed by atoms with Gasteiger partial charge < -0.3 is 9.73 Å². The molecule has 1 fully saturated rings. The SMILES string of the molecule is c1ccc(C(NCC2CCCC2)c2ccco2)cc1. The largest absolute Gasteiger partial charge is 0.467 e. The summed E-state index contributed by atoms with van der Waals surface area (Å²) in [5.74, 6) is 1.84. The molecule has 2 aromatic rings. The third-order valence-electron chi connectivity index (χ3n) is 4.05. The lowest BCUT2D eigenvalue weighted by molar-refractivity contribution is 0.410. The Morgan fingerprint density at radius 2 is 1.84 bits per heavy atom. The Morgan fingerprint density at radius 3 is 2.53 bits per heavy atom. The molecule has 0 spiro atoms. The van der Waals surface area contributed by atoms with E-state index in [9.17, 15) is 0 Å². The fourth-order valence-corrected chi connectivity index (χ4v) is 2.98. The highest BCUT2D eigenvalue weighted by Crippen LogP contribution is 2.27. The van der Waals surface area contributed by atoms with E-state index in [2.05, 4.69) is 41.7 Å². The standard InChI is InChI=1S/C17H21NO/c1-2-9-15(10-3-1)17(16-11-6-12-19-16)18-13-14-7-4-5-8-14/h1-3,6,9-12,14,17-18H,4-5,7-8,13H2. The zero-order valence-corrected chi connectivity index (χ0v) is 11.2. The highest BCUT2D eigenvalue weighted by Gasteiger charge is 2.20. The van der Waals surface area contributed by atoms with Crippen molar-refractivity contribution in [3.8, 4) is 0 Å². The van der Waals surface area contributed by atoms with Crippen LogP contribution < -0.4 is 5.32 Å². The Morgan fingerprint density at radius 1 is 1.05 bits per heavy atom. The molecule has 1 aliphatic carbocycles. The average Bonchev–Trinajstić information content (AvgIpc) is 3.13. The number of furan rings is 1. The summed E-state index contributed by atoms with van der Waals surface area (Å²) in [6.45, 7) is 1.08. The van der Waals surface area contributed by atoms with Crippen LogP contribution in [-0.4, -0.2) is 6.54 Å². The molecule has 1 aromatic heterocycles. The van der Waals surface area contributed by atoms with Gasteiger partial charge in [0.15, 0.2) is 0 Å². The Balaban J connectivity index is 1.73. The van der Waals surface area contributed by atoms with Crippen LogP contribution in [0.15, 0.2) is 53.1 Å². The lowest BCUT2D eigenvalue weighted by Gasteiger charge is -2.19. The maximum Gasteiger partial charge on any atom is 0.125 e. The van der Waals surface area contributed by atoms with E-state index < -0.39 is 0 Å². The average molecular weight is 255 g/mol. The molecule has 0 radical (unpaired) electrons. The lowest BCUT2D eigenvalue weighted by atomic mass is 10.0. The van der Waals surface area contributed by atoms with Gasteiger partial charge in [0, 0.05) is 0 Å². The fourth-order valence-electron chi connectivity index (χ4n) is 2.98. The van der Waals surface area contributed by atoms with Crippen molar-refractivity contribution in [2.75, 3.05) is 6.54 Å². The maximum atomic E-state index is 5.60. The summed E-state index contributed by atoms with van der Waals surface area (Å²) in [5, 5.41) is 3.69. The first-order chi connectivity index (χ1) is 9.43. The molecule has 0 saturated heterocycles. The van der Waals surface area contributed by atoms with Crippen molar-refractivity contribution < 1.29 is 4.42 Å². The molecule has 1 unspecified atom stereocenters. The van der Waals surface area contributed by atoms with Gasteiger partial charge in [0.25, 0.3) is 0 Å². The first-order valence-corrected chi connectivity index (χ1v) is 7.25. The minimum absolute atomic E-state index is 0.178. The van der Waals surface area contributed by atoms with Crippen LogP contribution in [0.5, 0.6) is 0 Å². The molecule has 0 bridgehead atoms. The van der Waals surface area contributed by atoms with Gasteiger partial charge in [0.1, 0.15) is 5.76 Å². The van der Waals surface area contributed by atoms with Crippen LogP contribution in [0.4, 0.5) is 0 Å². The second-order valence-corrected chi connectivity index (χ2v) is 5.42. The summed E-state index contributed by atoms with van der Waals surface area (Å²) < 4.78 is 5.60. The Labute approximate surface area is 114 Å². The summed E-state index contributed by atoms with van der Waals surface area (Å²) in [4.78, 5) is 0. The molecular formula is C17H21NO. The van der Waals surface area contributed by atoms with Gasteiger partial charge in [0.05, 0.1) is 12.3 Å². The van der Waals surface area contributed by atoms with E-state index in [-0.39, 0.29) is 6.04 Å². The van der Waals surface area contributed by atoms with Crippen molar-refractivity contribution in [3.63, 3.8) is 0 Å². The Kier molecular flexibility index (Phi) is 3.99. The molecule has 1 atom stereocenters. The molecule has 1 heterocycles. The number of hydrogen-bond acceptors (Lipinski definition) is 2. The maximum absolute atomic E-state index is 5.60. The molecule has 3 rings (SSSR count). The minimum Gasteiger partial charge on any atom is -0.467 e. The van der Waals surface area contributed by atoms with Crippen LogP contribution in [0, 0.1) is 5.92 Å². The Bertz CT molecular complexity index is 471. The predicted octanol–water partition coefficient (Wildman–Crippen LogP) is 4.15. The zero-order chi connectivity index (χ0) is 12.9. The quantitative estimate of drug-likeness (QED) is 0.868. The van der Waals surface area contributed by atoms with Gasteiger partial charge >= 0.3 is 0 Å². The third-order valence-corrected chi connectivity index (χ3v) is 4.05. The van der Waals surface area contributed by atoms with E-state index in [1.807, 2.05) is 6.07 Å². The fraction of sp³-hybridized carbons (Fsp3) is 0.412. The summed E-state index contributed by atoms with van der Waals surface area (Å²) >= 11 is 0. The first-order valence-electron chi connectivity index (χ1n) is 7.25. The highest BCUT2D eigenvalue weighted by molar-refractivity contribution is 5.26. The Hall–Kier alpha value is -1.54. The van der Waals surface area contributed by atoms with E-state index in [0.29, 0.717) is 0 Å². The lowest BCUT2D eigenvalue weighted by Crippen LogP contribution is -2.27. The van der Waals surface area contributed by atoms with Crippen molar-refractivity contribution in [3.05, 3.63) is 60.1 Å². The molecular weight excluding hydrogens is 234 g/mol. The van der Waals surface area contributed by atoms with Crippen molar-refractivity contribution in [1.29, 1.82) is 0 Å². The number of benzene rings is 1. The molecule has 1 aromatic carbocycles. The normalized spacial score (nSPS) is 17.7. The van der Waals surface area contributed by atoms with Crippen molar-refractivity contribution in [2.45, 2.75) is 31.7 Å². The van der Waals surface area contributed by atoms with E-state index in [4.69, 9.17) is 4.42 Å². The molecule has 0 amide bonds. The van der Waals surface area contributed by atoms with Gasteiger partial charge in [0.2, 0.25) is 0 Å². The van der Waals surface area contributed by atoms with Gasteiger partial charge in [-0.3, -0.25) is 0 Å². The minimum atomic E-state index is 0.178. The topological polar surface area (TPSA) is 25.2 Å². The molecule has 1 saturated carbocycles. The second kappa shape index (κ2) is 6.07. The van der Waals surface area contributed by atoms with Gasteiger partial charge in [-0.25, -0.2) is 0 Å². The van der Waals surface area contributed by atoms with Gasteiger partial charge in [-0.05, 0) is 43.0 Å². The predicted molar refractivity (Wildman–Crippen MR) is 77.0 cm³/mol. The van der Waals surface area contributed by atoms with Crippen molar-refractivity contribution >= 4 is 0 Å². The van der Waals surface area contributed by atoms with Crippen molar-refractivity contribution in [2.24, 2.45) is 5.92 Å². The molecule has 2 nitrogen and oxygen atoms in total. The van der Waals surface area contributed by atoms with Crippen LogP contribution in [0.25, 0.3) is 0 Å². The second-order valence-electron chi connectivity index (χ2n) is 5.42. The van der Waals surface area contributed by atoms with Crippen LogP contribution in [0.3, 0.4) is 0 Å². The zero-order valence-electron chi connectivity index (χ0n) is 11.2. The summed E-state index contributed by atoms with van der Waals surface area (Å²) in [6.07, 6.45) is 7.27. The van der Waals surface area contributed by atoms with Gasteiger partial charge in [-0.2, -0.15) is 0 Å². The first kappa shape index (κ1) is 12.5. The third kappa shape index (κ3) is 3.07. The van der Waals surface area contributed by atoms with Gasteiger partial charge in [-0.1, -0.05) is 43.2 Å². The monoisotopic (exact) mass is 255 g/mol. The van der Waals surface area contributed by atoms with E-state index >= 15 is 0 Å². The molecule has 19 heavy (non-hydrogen) atoms. The smallest absolute Gasteiger partial charge is 0.125 e. The molecule has 0 aliphatic heterocycles. The molecule has 100 valence electrons. The van der Waals surface area contributed by atoms with E-state index in [1.54, 1.807) is 6.26 Å². The van der Waals surface area contributed by atoms with Gasteiger partial charge in [-0.15, -0.1) is 0 Å². The van der Waals surface area contributed by atoms with Crippen LogP contribution >= 0.6 is 0 Å². The number of rotatable bonds is 5. The number of hydrogen-bond donors (Lipinski definition) is 1. The van der Waals surface area contributed by atoms with Crippen LogP contribution in [-0.2, 0) is 0 Å². The summed E-state index contributed by atoms with van der Waals surface area (Å²) in [6, 6.07) is 14.7. The summed E-state index contributed by atoms with van der Waals surface area (Å²) in [5.41, 5.74) is 1.27. The molecule has 1 N–H and O–H groups in total. The van der Waals surface area contributed by atoms with E-state index in [1.165, 1.54) is 31.2 Å². The van der Waals surface area contributed by atoms with Crippen molar-refractivity contribution in [1.82, 2.24) is 5.32 Å². The van der Waals surface area contributed by atoms with E-state index in [0.717, 1.165) is 18.2 Å². The molecule has 2 heteroatoms.